The fourth-order valence-corrected chi connectivity index (χ4v) is 2.99. The van der Waals surface area contributed by atoms with E-state index in [1.807, 2.05) is 36.4 Å². The van der Waals surface area contributed by atoms with Crippen LogP contribution in [0.25, 0.3) is 5.69 Å². The Morgan fingerprint density at radius 1 is 1.00 bits per heavy atom. The van der Waals surface area contributed by atoms with Gasteiger partial charge in [-0.05, 0) is 24.3 Å². The summed E-state index contributed by atoms with van der Waals surface area (Å²) in [6.45, 7) is 0.346. The Balaban J connectivity index is 1.81. The fourth-order valence-electron chi connectivity index (χ4n) is 2.99. The number of amides is 1. The lowest BCUT2D eigenvalue weighted by atomic mass is 10.1. The van der Waals surface area contributed by atoms with Gasteiger partial charge in [0.2, 0.25) is 5.75 Å². The quantitative estimate of drug-likeness (QED) is 0.629. The summed E-state index contributed by atoms with van der Waals surface area (Å²) in [7, 11) is 6.42. The average molecular weight is 381 g/mol. The molecule has 0 atom stereocenters. The second-order valence-corrected chi connectivity index (χ2v) is 6.16. The van der Waals surface area contributed by atoms with Crippen LogP contribution in [-0.4, -0.2) is 49.0 Å². The molecule has 0 aliphatic heterocycles. The molecule has 1 aromatic heterocycles. The van der Waals surface area contributed by atoms with Crippen LogP contribution in [-0.2, 0) is 6.54 Å². The normalized spacial score (nSPS) is 10.4. The molecule has 146 valence electrons. The van der Waals surface area contributed by atoms with Gasteiger partial charge in [0, 0.05) is 25.4 Å². The lowest BCUT2D eigenvalue weighted by molar-refractivity contribution is 0.0784. The minimum absolute atomic E-state index is 0.140. The van der Waals surface area contributed by atoms with E-state index in [9.17, 15) is 4.79 Å². The summed E-state index contributed by atoms with van der Waals surface area (Å²) in [6, 6.07) is 13.3. The largest absolute Gasteiger partial charge is 0.493 e. The molecule has 0 unspecified atom stereocenters. The molecule has 0 saturated heterocycles. The van der Waals surface area contributed by atoms with Crippen LogP contribution in [0, 0.1) is 0 Å². The lowest BCUT2D eigenvalue weighted by Gasteiger charge is -2.20. The maximum atomic E-state index is 12.8. The van der Waals surface area contributed by atoms with Gasteiger partial charge in [0.15, 0.2) is 11.5 Å². The lowest BCUT2D eigenvalue weighted by Crippen LogP contribution is -2.26. The Labute approximate surface area is 164 Å². The van der Waals surface area contributed by atoms with Gasteiger partial charge in [-0.2, -0.15) is 5.10 Å². The van der Waals surface area contributed by atoms with Gasteiger partial charge in [-0.1, -0.05) is 18.2 Å². The number of carbonyl (C=O) groups is 1. The number of hydrogen-bond donors (Lipinski definition) is 0. The Morgan fingerprint density at radius 2 is 1.71 bits per heavy atom. The summed E-state index contributed by atoms with van der Waals surface area (Å²) in [5.74, 6) is 1.47. The van der Waals surface area contributed by atoms with Gasteiger partial charge >= 0.3 is 0 Å². The van der Waals surface area contributed by atoms with Gasteiger partial charge in [0.1, 0.15) is 0 Å². The van der Waals surface area contributed by atoms with E-state index in [0.717, 1.165) is 11.3 Å². The summed E-state index contributed by atoms with van der Waals surface area (Å²) in [4.78, 5) is 14.5. The first-order valence-corrected chi connectivity index (χ1v) is 8.72. The minimum Gasteiger partial charge on any atom is -0.493 e. The van der Waals surface area contributed by atoms with E-state index in [1.54, 1.807) is 56.4 Å². The predicted octanol–water partition coefficient (Wildman–Crippen LogP) is 3.17. The van der Waals surface area contributed by atoms with Gasteiger partial charge in [0.05, 0.1) is 38.8 Å². The molecular weight excluding hydrogens is 358 g/mol. The number of aromatic nitrogens is 2. The first kappa shape index (κ1) is 19.3. The molecule has 7 heteroatoms. The Bertz CT molecular complexity index is 954. The number of benzene rings is 2. The van der Waals surface area contributed by atoms with Crippen LogP contribution in [0.5, 0.6) is 17.2 Å². The Kier molecular flexibility index (Phi) is 5.84. The van der Waals surface area contributed by atoms with E-state index in [2.05, 4.69) is 5.10 Å². The van der Waals surface area contributed by atoms with Gasteiger partial charge in [-0.3, -0.25) is 4.79 Å². The van der Waals surface area contributed by atoms with Crippen LogP contribution in [0.3, 0.4) is 0 Å². The molecule has 0 fully saturated rings. The number of rotatable bonds is 7. The molecule has 0 bridgehead atoms. The Morgan fingerprint density at radius 3 is 2.36 bits per heavy atom. The van der Waals surface area contributed by atoms with Crippen molar-refractivity contribution in [2.45, 2.75) is 6.54 Å². The molecule has 0 spiro atoms. The highest BCUT2D eigenvalue weighted by Crippen LogP contribution is 2.40. The highest BCUT2D eigenvalue weighted by molar-refractivity contribution is 5.93. The van der Waals surface area contributed by atoms with Crippen LogP contribution in [0.15, 0.2) is 54.9 Å². The third-order valence-electron chi connectivity index (χ3n) is 4.39. The molecule has 0 radical (unpaired) electrons. The molecule has 2 aromatic carbocycles. The number of para-hydroxylation sites is 1. The van der Waals surface area contributed by atoms with Crippen molar-refractivity contribution in [2.75, 3.05) is 28.4 Å². The summed E-state index contributed by atoms with van der Waals surface area (Å²) in [5, 5.41) is 4.29. The molecule has 3 rings (SSSR count). The molecule has 1 heterocycles. The molecule has 0 aliphatic rings. The average Bonchev–Trinajstić information content (AvgIpc) is 3.23. The van der Waals surface area contributed by atoms with E-state index >= 15 is 0 Å². The van der Waals surface area contributed by atoms with Crippen molar-refractivity contribution < 1.29 is 19.0 Å². The summed E-state index contributed by atoms with van der Waals surface area (Å²) >= 11 is 0. The number of methoxy groups -OCH3 is 3. The van der Waals surface area contributed by atoms with Gasteiger partial charge in [-0.25, -0.2) is 4.68 Å². The summed E-state index contributed by atoms with van der Waals surface area (Å²) < 4.78 is 17.9. The van der Waals surface area contributed by atoms with Crippen molar-refractivity contribution in [1.82, 2.24) is 14.7 Å². The van der Waals surface area contributed by atoms with E-state index < -0.39 is 0 Å². The zero-order valence-corrected chi connectivity index (χ0v) is 16.4. The third kappa shape index (κ3) is 3.78. The van der Waals surface area contributed by atoms with Crippen molar-refractivity contribution in [2.24, 2.45) is 0 Å². The molecule has 7 nitrogen and oxygen atoms in total. The van der Waals surface area contributed by atoms with Gasteiger partial charge in [-0.15, -0.1) is 0 Å². The molecule has 0 aliphatic carbocycles. The standard InChI is InChI=1S/C21H23N3O4/c1-23(13-15-10-11-18(26-2)20(28-4)19(15)27-3)21(25)16-12-22-24(14-16)17-8-6-5-7-9-17/h5-12,14H,13H2,1-4H3. The smallest absolute Gasteiger partial charge is 0.257 e. The maximum Gasteiger partial charge on any atom is 0.257 e. The zero-order valence-electron chi connectivity index (χ0n) is 16.4. The summed E-state index contributed by atoms with van der Waals surface area (Å²) in [6.07, 6.45) is 3.29. The van der Waals surface area contributed by atoms with Crippen LogP contribution >= 0.6 is 0 Å². The molecular formula is C21H23N3O4. The maximum absolute atomic E-state index is 12.8. The molecule has 1 amide bonds. The van der Waals surface area contributed by atoms with Gasteiger partial charge in [0.25, 0.3) is 5.91 Å². The Hall–Kier alpha value is -3.48. The highest BCUT2D eigenvalue weighted by atomic mass is 16.5. The van der Waals surface area contributed by atoms with Crippen LogP contribution in [0.2, 0.25) is 0 Å². The van der Waals surface area contributed by atoms with E-state index in [0.29, 0.717) is 29.4 Å². The first-order chi connectivity index (χ1) is 13.6. The van der Waals surface area contributed by atoms with E-state index in [-0.39, 0.29) is 5.91 Å². The highest BCUT2D eigenvalue weighted by Gasteiger charge is 2.20. The fraction of sp³-hybridized carbons (Fsp3) is 0.238. The molecule has 28 heavy (non-hydrogen) atoms. The molecule has 0 saturated carbocycles. The van der Waals surface area contributed by atoms with Crippen LogP contribution < -0.4 is 14.2 Å². The molecule has 0 N–H and O–H groups in total. The second kappa shape index (κ2) is 8.47. The van der Waals surface area contributed by atoms with Crippen molar-refractivity contribution in [3.05, 3.63) is 66.0 Å². The number of nitrogens with zero attached hydrogens (tertiary/aromatic N) is 3. The minimum atomic E-state index is -0.140. The zero-order chi connectivity index (χ0) is 20.1. The van der Waals surface area contributed by atoms with E-state index in [1.165, 1.54) is 0 Å². The number of ether oxygens (including phenoxy) is 3. The van der Waals surface area contributed by atoms with Crippen LogP contribution in [0.4, 0.5) is 0 Å². The third-order valence-corrected chi connectivity index (χ3v) is 4.39. The summed E-state index contributed by atoms with van der Waals surface area (Å²) in [5.41, 5.74) is 2.21. The first-order valence-electron chi connectivity index (χ1n) is 8.72. The van der Waals surface area contributed by atoms with Crippen molar-refractivity contribution in [3.63, 3.8) is 0 Å². The van der Waals surface area contributed by atoms with Crippen LogP contribution in [0.1, 0.15) is 15.9 Å². The topological polar surface area (TPSA) is 65.8 Å². The number of carbonyl (C=O) groups excluding carboxylic acids is 1. The number of hydrogen-bond acceptors (Lipinski definition) is 5. The SMILES string of the molecule is COc1ccc(CN(C)C(=O)c2cnn(-c3ccccc3)c2)c(OC)c1OC. The second-order valence-electron chi connectivity index (χ2n) is 6.16. The predicted molar refractivity (Wildman–Crippen MR) is 105 cm³/mol. The molecule has 3 aromatic rings. The van der Waals surface area contributed by atoms with Crippen molar-refractivity contribution in [3.8, 4) is 22.9 Å². The monoisotopic (exact) mass is 381 g/mol. The van der Waals surface area contributed by atoms with E-state index in [4.69, 9.17) is 14.2 Å². The van der Waals surface area contributed by atoms with Gasteiger partial charge < -0.3 is 19.1 Å². The van der Waals surface area contributed by atoms with Crippen molar-refractivity contribution in [1.29, 1.82) is 0 Å². The van der Waals surface area contributed by atoms with Crippen molar-refractivity contribution >= 4 is 5.91 Å².